The average molecular weight is 244 g/mol. The van der Waals surface area contributed by atoms with E-state index in [1.54, 1.807) is 11.8 Å². The molecule has 0 unspecified atom stereocenters. The van der Waals surface area contributed by atoms with Crippen LogP contribution in [0.4, 0.5) is 11.4 Å². The summed E-state index contributed by atoms with van der Waals surface area (Å²) >= 11 is 1.76. The van der Waals surface area contributed by atoms with Crippen molar-refractivity contribution >= 4 is 23.1 Å². The van der Waals surface area contributed by atoms with Crippen molar-refractivity contribution in [3.05, 3.63) is 42.5 Å². The van der Waals surface area contributed by atoms with E-state index in [1.165, 1.54) is 0 Å². The molecule has 0 aliphatic rings. The molecule has 2 aromatic rings. The lowest BCUT2D eigenvalue weighted by Crippen LogP contribution is -1.91. The molecule has 0 fully saturated rings. The van der Waals surface area contributed by atoms with E-state index in [-0.39, 0.29) is 0 Å². The number of benzene rings is 2. The number of anilines is 2. The van der Waals surface area contributed by atoms with E-state index in [2.05, 4.69) is 19.1 Å². The summed E-state index contributed by atoms with van der Waals surface area (Å²) in [5.41, 5.74) is 15.6. The zero-order chi connectivity index (χ0) is 12.3. The van der Waals surface area contributed by atoms with Gasteiger partial charge in [-0.2, -0.15) is 0 Å². The van der Waals surface area contributed by atoms with Crippen molar-refractivity contribution in [2.75, 3.05) is 17.2 Å². The van der Waals surface area contributed by atoms with Crippen molar-refractivity contribution in [1.29, 1.82) is 0 Å². The van der Waals surface area contributed by atoms with Crippen LogP contribution in [0.3, 0.4) is 0 Å². The van der Waals surface area contributed by atoms with Gasteiger partial charge in [0.25, 0.3) is 0 Å². The Morgan fingerprint density at radius 2 is 1.76 bits per heavy atom. The van der Waals surface area contributed by atoms with Gasteiger partial charge in [0.2, 0.25) is 0 Å². The molecule has 0 heterocycles. The largest absolute Gasteiger partial charge is 0.399 e. The van der Waals surface area contributed by atoms with Crippen molar-refractivity contribution in [3.8, 4) is 11.1 Å². The third-order valence-corrected chi connectivity index (χ3v) is 3.50. The zero-order valence-electron chi connectivity index (χ0n) is 9.81. The highest BCUT2D eigenvalue weighted by atomic mass is 32.2. The standard InChI is InChI=1S/C14H16N2S/c1-2-17-14-7-6-11(9-13(14)16)10-4-3-5-12(15)8-10/h3-9H,2,15-16H2,1H3. The van der Waals surface area contributed by atoms with Crippen LogP contribution in [-0.2, 0) is 0 Å². The van der Waals surface area contributed by atoms with Crippen LogP contribution in [0, 0.1) is 0 Å². The molecule has 0 aromatic heterocycles. The minimum absolute atomic E-state index is 0.771. The lowest BCUT2D eigenvalue weighted by molar-refractivity contribution is 1.43. The molecular formula is C14H16N2S. The van der Waals surface area contributed by atoms with Crippen LogP contribution in [0.2, 0.25) is 0 Å². The molecule has 2 rings (SSSR count). The van der Waals surface area contributed by atoms with Gasteiger partial charge >= 0.3 is 0 Å². The van der Waals surface area contributed by atoms with Crippen molar-refractivity contribution in [2.24, 2.45) is 0 Å². The summed E-state index contributed by atoms with van der Waals surface area (Å²) in [5.74, 6) is 1.03. The number of thioether (sulfide) groups is 1. The van der Waals surface area contributed by atoms with Crippen molar-refractivity contribution in [3.63, 3.8) is 0 Å². The van der Waals surface area contributed by atoms with Crippen LogP contribution in [-0.4, -0.2) is 5.75 Å². The third-order valence-electron chi connectivity index (χ3n) is 2.53. The van der Waals surface area contributed by atoms with Gasteiger partial charge < -0.3 is 11.5 Å². The molecule has 88 valence electrons. The average Bonchev–Trinajstić information content (AvgIpc) is 2.32. The summed E-state index contributed by atoms with van der Waals surface area (Å²) in [4.78, 5) is 1.14. The van der Waals surface area contributed by atoms with E-state index < -0.39 is 0 Å². The second-order valence-corrected chi connectivity index (χ2v) is 5.12. The van der Waals surface area contributed by atoms with Gasteiger partial charge in [0.1, 0.15) is 0 Å². The molecule has 0 amide bonds. The molecular weight excluding hydrogens is 228 g/mol. The molecule has 0 saturated heterocycles. The fraction of sp³-hybridized carbons (Fsp3) is 0.143. The molecule has 4 N–H and O–H groups in total. The van der Waals surface area contributed by atoms with Crippen LogP contribution in [0.1, 0.15) is 6.92 Å². The molecule has 2 aromatic carbocycles. The van der Waals surface area contributed by atoms with Crippen molar-refractivity contribution in [1.82, 2.24) is 0 Å². The summed E-state index contributed by atoms with van der Waals surface area (Å²) in [6.45, 7) is 2.12. The Labute approximate surface area is 106 Å². The highest BCUT2D eigenvalue weighted by Crippen LogP contribution is 2.30. The van der Waals surface area contributed by atoms with Gasteiger partial charge in [-0.3, -0.25) is 0 Å². The zero-order valence-corrected chi connectivity index (χ0v) is 10.6. The molecule has 17 heavy (non-hydrogen) atoms. The van der Waals surface area contributed by atoms with Gasteiger partial charge in [-0.05, 0) is 41.1 Å². The van der Waals surface area contributed by atoms with Crippen LogP contribution in [0.25, 0.3) is 11.1 Å². The molecule has 0 radical (unpaired) electrons. The first-order chi connectivity index (χ1) is 8.20. The maximum Gasteiger partial charge on any atom is 0.0458 e. The summed E-state index contributed by atoms with van der Waals surface area (Å²) in [7, 11) is 0. The first kappa shape index (κ1) is 11.9. The van der Waals surface area contributed by atoms with Crippen LogP contribution in [0.5, 0.6) is 0 Å². The lowest BCUT2D eigenvalue weighted by Gasteiger charge is -2.08. The molecule has 0 aliphatic carbocycles. The molecule has 0 aliphatic heterocycles. The van der Waals surface area contributed by atoms with E-state index >= 15 is 0 Å². The van der Waals surface area contributed by atoms with E-state index in [4.69, 9.17) is 11.5 Å². The van der Waals surface area contributed by atoms with Crippen LogP contribution < -0.4 is 11.5 Å². The Morgan fingerprint density at radius 3 is 2.41 bits per heavy atom. The quantitative estimate of drug-likeness (QED) is 0.640. The smallest absolute Gasteiger partial charge is 0.0458 e. The Bertz CT molecular complexity index is 523. The number of hydrogen-bond acceptors (Lipinski definition) is 3. The lowest BCUT2D eigenvalue weighted by atomic mass is 10.0. The van der Waals surface area contributed by atoms with Gasteiger partial charge in [0.15, 0.2) is 0 Å². The molecule has 2 nitrogen and oxygen atoms in total. The summed E-state index contributed by atoms with van der Waals surface area (Å²) < 4.78 is 0. The number of nitrogens with two attached hydrogens (primary N) is 2. The Morgan fingerprint density at radius 1 is 1.00 bits per heavy atom. The predicted molar refractivity (Wildman–Crippen MR) is 77.1 cm³/mol. The summed E-state index contributed by atoms with van der Waals surface area (Å²) in [5, 5.41) is 0. The van der Waals surface area contributed by atoms with Crippen LogP contribution >= 0.6 is 11.8 Å². The topological polar surface area (TPSA) is 52.0 Å². The van der Waals surface area contributed by atoms with E-state index in [0.29, 0.717) is 0 Å². The van der Waals surface area contributed by atoms with Crippen LogP contribution in [0.15, 0.2) is 47.4 Å². The van der Waals surface area contributed by atoms with Gasteiger partial charge in [-0.25, -0.2) is 0 Å². The second kappa shape index (κ2) is 5.15. The molecule has 0 saturated carbocycles. The van der Waals surface area contributed by atoms with E-state index in [0.717, 1.165) is 33.2 Å². The number of nitrogen functional groups attached to an aromatic ring is 2. The highest BCUT2D eigenvalue weighted by molar-refractivity contribution is 7.99. The molecule has 0 atom stereocenters. The maximum atomic E-state index is 6.03. The van der Waals surface area contributed by atoms with Gasteiger partial charge in [-0.1, -0.05) is 25.1 Å². The summed E-state index contributed by atoms with van der Waals surface area (Å²) in [6.07, 6.45) is 0. The SMILES string of the molecule is CCSc1ccc(-c2cccc(N)c2)cc1N. The van der Waals surface area contributed by atoms with Crippen molar-refractivity contribution in [2.45, 2.75) is 11.8 Å². The minimum Gasteiger partial charge on any atom is -0.399 e. The minimum atomic E-state index is 0.771. The van der Waals surface area contributed by atoms with Gasteiger partial charge in [0, 0.05) is 16.3 Å². The third kappa shape index (κ3) is 2.74. The maximum absolute atomic E-state index is 6.03. The molecule has 3 heteroatoms. The fourth-order valence-electron chi connectivity index (χ4n) is 1.73. The normalized spacial score (nSPS) is 10.4. The monoisotopic (exact) mass is 244 g/mol. The number of rotatable bonds is 3. The van der Waals surface area contributed by atoms with E-state index in [9.17, 15) is 0 Å². The predicted octanol–water partition coefficient (Wildman–Crippen LogP) is 3.63. The Balaban J connectivity index is 2.37. The van der Waals surface area contributed by atoms with Crippen molar-refractivity contribution < 1.29 is 0 Å². The second-order valence-electron chi connectivity index (χ2n) is 3.81. The number of hydrogen-bond donors (Lipinski definition) is 2. The first-order valence-electron chi connectivity index (χ1n) is 5.59. The fourth-order valence-corrected chi connectivity index (χ4v) is 2.43. The first-order valence-corrected chi connectivity index (χ1v) is 6.57. The summed E-state index contributed by atoms with van der Waals surface area (Å²) in [6, 6.07) is 14.0. The Hall–Kier alpha value is -1.61. The molecule has 0 spiro atoms. The molecule has 0 bridgehead atoms. The Kier molecular flexibility index (Phi) is 3.59. The van der Waals surface area contributed by atoms with Gasteiger partial charge in [-0.15, -0.1) is 11.8 Å². The van der Waals surface area contributed by atoms with E-state index in [1.807, 2.05) is 30.3 Å². The van der Waals surface area contributed by atoms with Gasteiger partial charge in [0.05, 0.1) is 0 Å². The highest BCUT2D eigenvalue weighted by Gasteiger charge is 2.03.